The minimum Gasteiger partial charge on any atom is -0.345 e. The highest BCUT2D eigenvalue weighted by atomic mass is 16.2. The smallest absolute Gasteiger partial charge is 0.253 e. The molecule has 0 fully saturated rings. The number of hydrogen-bond acceptors (Lipinski definition) is 1. The first-order chi connectivity index (χ1) is 6.82. The Labute approximate surface area is 91.5 Å². The van der Waals surface area contributed by atoms with E-state index in [9.17, 15) is 4.79 Å². The van der Waals surface area contributed by atoms with Crippen molar-refractivity contribution in [3.8, 4) is 0 Å². The Hall–Kier alpha value is -1.35. The summed E-state index contributed by atoms with van der Waals surface area (Å²) in [6.07, 6.45) is 0. The van der Waals surface area contributed by atoms with Gasteiger partial charge in [-0.3, -0.25) is 9.28 Å². The molecule has 3 nitrogen and oxygen atoms in total. The highest BCUT2D eigenvalue weighted by Gasteiger charge is 2.15. The van der Waals surface area contributed by atoms with Crippen molar-refractivity contribution in [2.24, 2.45) is 0 Å². The van der Waals surface area contributed by atoms with Crippen molar-refractivity contribution in [3.63, 3.8) is 0 Å². The predicted octanol–water partition coefficient (Wildman–Crippen LogP) is 1.59. The van der Waals surface area contributed by atoms with Gasteiger partial charge in [-0.25, -0.2) is 0 Å². The monoisotopic (exact) mass is 207 g/mol. The van der Waals surface area contributed by atoms with Gasteiger partial charge in [0.2, 0.25) is 0 Å². The van der Waals surface area contributed by atoms with E-state index in [-0.39, 0.29) is 5.91 Å². The molecular weight excluding hydrogens is 188 g/mol. The van der Waals surface area contributed by atoms with Crippen LogP contribution < -0.4 is 4.48 Å². The number of hydrogen-bond donors (Lipinski definition) is 0. The Bertz CT molecular complexity index is 364. The first-order valence-corrected chi connectivity index (χ1v) is 4.96. The molecule has 0 atom stereocenters. The molecule has 0 bridgehead atoms. The minimum atomic E-state index is 0.0466. The number of quaternary nitrogens is 1. The molecule has 0 N–H and O–H groups in total. The summed E-state index contributed by atoms with van der Waals surface area (Å²) in [5, 5.41) is 0. The minimum absolute atomic E-state index is 0.0466. The van der Waals surface area contributed by atoms with Gasteiger partial charge < -0.3 is 4.90 Å². The summed E-state index contributed by atoms with van der Waals surface area (Å²) in [5.41, 5.74) is 1.87. The summed E-state index contributed by atoms with van der Waals surface area (Å²) in [4.78, 5) is 13.3. The molecule has 1 amide bonds. The van der Waals surface area contributed by atoms with Crippen molar-refractivity contribution >= 4 is 11.6 Å². The van der Waals surface area contributed by atoms with Crippen LogP contribution in [0.1, 0.15) is 10.4 Å². The van der Waals surface area contributed by atoms with Gasteiger partial charge in [0, 0.05) is 25.7 Å². The summed E-state index contributed by atoms with van der Waals surface area (Å²) in [7, 11) is 9.78. The summed E-state index contributed by atoms with van der Waals surface area (Å²) in [6, 6.07) is 7.76. The van der Waals surface area contributed by atoms with Crippen LogP contribution in [-0.2, 0) is 0 Å². The van der Waals surface area contributed by atoms with Crippen LogP contribution in [0.25, 0.3) is 0 Å². The Balaban J connectivity index is 3.09. The predicted molar refractivity (Wildman–Crippen MR) is 64.0 cm³/mol. The molecule has 0 spiro atoms. The molecule has 15 heavy (non-hydrogen) atoms. The zero-order valence-electron chi connectivity index (χ0n) is 10.1. The summed E-state index contributed by atoms with van der Waals surface area (Å²) in [5.74, 6) is 0.0466. The van der Waals surface area contributed by atoms with Crippen LogP contribution in [0.3, 0.4) is 0 Å². The Morgan fingerprint density at radius 1 is 1.20 bits per heavy atom. The average molecular weight is 207 g/mol. The second-order valence-corrected chi connectivity index (χ2v) is 4.76. The van der Waals surface area contributed by atoms with Crippen LogP contribution >= 0.6 is 0 Å². The standard InChI is InChI=1S/C12H19N2O/c1-13(2)12(15)10-7-6-8-11(9-10)14(3,4)5/h6-9H,1-5H3/q+1. The highest BCUT2D eigenvalue weighted by molar-refractivity contribution is 5.94. The van der Waals surface area contributed by atoms with Gasteiger partial charge in [-0.1, -0.05) is 6.07 Å². The molecule has 0 aromatic heterocycles. The fourth-order valence-electron chi connectivity index (χ4n) is 1.31. The number of amides is 1. The maximum absolute atomic E-state index is 11.7. The average Bonchev–Trinajstić information content (AvgIpc) is 2.15. The fraction of sp³-hybridized carbons (Fsp3) is 0.417. The molecule has 3 heteroatoms. The van der Waals surface area contributed by atoms with Crippen LogP contribution in [0.5, 0.6) is 0 Å². The fourth-order valence-corrected chi connectivity index (χ4v) is 1.31. The van der Waals surface area contributed by atoms with Crippen molar-refractivity contribution in [1.82, 2.24) is 9.38 Å². The van der Waals surface area contributed by atoms with Crippen molar-refractivity contribution in [1.29, 1.82) is 0 Å². The maximum Gasteiger partial charge on any atom is 0.253 e. The van der Waals surface area contributed by atoms with Gasteiger partial charge in [-0.15, -0.1) is 0 Å². The van der Waals surface area contributed by atoms with Gasteiger partial charge in [-0.05, 0) is 12.1 Å². The second-order valence-electron chi connectivity index (χ2n) is 4.76. The van der Waals surface area contributed by atoms with Gasteiger partial charge in [0.05, 0.1) is 21.1 Å². The second kappa shape index (κ2) is 4.03. The SMILES string of the molecule is CN(C)C(=O)c1cccc([N+](C)(C)C)c1. The van der Waals surface area contributed by atoms with Crippen molar-refractivity contribution in [2.45, 2.75) is 0 Å². The van der Waals surface area contributed by atoms with E-state index in [0.717, 1.165) is 11.3 Å². The summed E-state index contributed by atoms with van der Waals surface area (Å²) < 4.78 is 0.717. The largest absolute Gasteiger partial charge is 0.345 e. The lowest BCUT2D eigenvalue weighted by molar-refractivity contribution is 0.0827. The number of benzene rings is 1. The lowest BCUT2D eigenvalue weighted by Crippen LogP contribution is -2.35. The number of carbonyl (C=O) groups excluding carboxylic acids is 1. The molecule has 1 aromatic carbocycles. The van der Waals surface area contributed by atoms with Crippen LogP contribution in [0, 0.1) is 0 Å². The summed E-state index contributed by atoms with van der Waals surface area (Å²) >= 11 is 0. The lowest BCUT2D eigenvalue weighted by atomic mass is 10.1. The summed E-state index contributed by atoms with van der Waals surface area (Å²) in [6.45, 7) is 0. The molecule has 0 unspecified atom stereocenters. The molecule has 1 rings (SSSR count). The highest BCUT2D eigenvalue weighted by Crippen LogP contribution is 2.18. The van der Waals surface area contributed by atoms with E-state index in [1.807, 2.05) is 24.3 Å². The van der Waals surface area contributed by atoms with Crippen LogP contribution in [0.2, 0.25) is 0 Å². The molecule has 0 heterocycles. The molecule has 0 aliphatic heterocycles. The lowest BCUT2D eigenvalue weighted by Gasteiger charge is -2.24. The molecule has 0 radical (unpaired) electrons. The maximum atomic E-state index is 11.7. The van der Waals surface area contributed by atoms with Crippen molar-refractivity contribution < 1.29 is 4.79 Å². The molecule has 0 aliphatic rings. The zero-order valence-corrected chi connectivity index (χ0v) is 10.1. The number of nitrogens with zero attached hydrogens (tertiary/aromatic N) is 2. The van der Waals surface area contributed by atoms with Crippen LogP contribution in [0.15, 0.2) is 24.3 Å². The van der Waals surface area contributed by atoms with Gasteiger partial charge in [0.1, 0.15) is 5.69 Å². The number of carbonyl (C=O) groups is 1. The molecule has 1 aromatic rings. The van der Waals surface area contributed by atoms with E-state index in [0.29, 0.717) is 4.48 Å². The van der Waals surface area contributed by atoms with Gasteiger partial charge in [0.15, 0.2) is 0 Å². The van der Waals surface area contributed by atoms with E-state index in [1.165, 1.54) is 0 Å². The molecule has 0 saturated carbocycles. The third kappa shape index (κ3) is 2.80. The normalized spacial score (nSPS) is 11.3. The zero-order chi connectivity index (χ0) is 11.6. The van der Waals surface area contributed by atoms with Gasteiger partial charge in [-0.2, -0.15) is 0 Å². The van der Waals surface area contributed by atoms with E-state index < -0.39 is 0 Å². The van der Waals surface area contributed by atoms with E-state index in [4.69, 9.17) is 0 Å². The van der Waals surface area contributed by atoms with Gasteiger partial charge >= 0.3 is 0 Å². The van der Waals surface area contributed by atoms with Gasteiger partial charge in [0.25, 0.3) is 5.91 Å². The van der Waals surface area contributed by atoms with E-state index >= 15 is 0 Å². The first-order valence-electron chi connectivity index (χ1n) is 4.96. The Morgan fingerprint density at radius 3 is 2.27 bits per heavy atom. The van der Waals surface area contributed by atoms with E-state index in [1.54, 1.807) is 19.0 Å². The van der Waals surface area contributed by atoms with E-state index in [2.05, 4.69) is 21.1 Å². The Kier molecular flexibility index (Phi) is 3.15. The van der Waals surface area contributed by atoms with Crippen molar-refractivity contribution in [3.05, 3.63) is 29.8 Å². The quantitative estimate of drug-likeness (QED) is 0.674. The van der Waals surface area contributed by atoms with Crippen molar-refractivity contribution in [2.75, 3.05) is 35.2 Å². The third-order valence-electron chi connectivity index (χ3n) is 2.27. The number of rotatable bonds is 2. The topological polar surface area (TPSA) is 20.3 Å². The Morgan fingerprint density at radius 2 is 1.80 bits per heavy atom. The molecule has 0 aliphatic carbocycles. The van der Waals surface area contributed by atoms with Crippen LogP contribution in [-0.4, -0.2) is 46.0 Å². The molecule has 82 valence electrons. The van der Waals surface area contributed by atoms with Crippen LogP contribution in [0.4, 0.5) is 5.69 Å². The molecular formula is C12H19N2O+. The first kappa shape index (κ1) is 11.7. The molecule has 0 saturated heterocycles. The third-order valence-corrected chi connectivity index (χ3v) is 2.27.